The fourth-order valence-corrected chi connectivity index (χ4v) is 2.94. The Balaban J connectivity index is 0.00000243. The minimum atomic E-state index is 0. The largest absolute Gasteiger partial charge is 0.357 e. The molecule has 0 spiro atoms. The topological polar surface area (TPSA) is 56.7 Å². The van der Waals surface area contributed by atoms with Crippen molar-refractivity contribution in [2.45, 2.75) is 13.3 Å². The molecule has 0 atom stereocenters. The average Bonchev–Trinajstić information content (AvgIpc) is 2.69. The molecule has 2 aromatic heterocycles. The number of halogens is 1. The van der Waals surface area contributed by atoms with Crippen molar-refractivity contribution in [2.24, 2.45) is 4.99 Å². The smallest absolute Gasteiger partial charge is 0.194 e. The maximum Gasteiger partial charge on any atom is 0.194 e. The SMILES string of the molecule is CCNC(=NCCc1ccccn1)N1CCN(c2ccccn2)CC1.I. The van der Waals surface area contributed by atoms with E-state index in [0.29, 0.717) is 0 Å². The molecule has 1 aliphatic heterocycles. The number of anilines is 1. The first-order valence-electron chi connectivity index (χ1n) is 8.96. The van der Waals surface area contributed by atoms with E-state index in [2.05, 4.69) is 38.1 Å². The number of hydrogen-bond acceptors (Lipinski definition) is 4. The maximum atomic E-state index is 4.79. The summed E-state index contributed by atoms with van der Waals surface area (Å²) in [6.45, 7) is 7.56. The van der Waals surface area contributed by atoms with Crippen LogP contribution in [0.2, 0.25) is 0 Å². The Hall–Kier alpha value is -1.90. The molecule has 0 bridgehead atoms. The van der Waals surface area contributed by atoms with Crippen LogP contribution < -0.4 is 10.2 Å². The lowest BCUT2D eigenvalue weighted by molar-refractivity contribution is 0.371. The van der Waals surface area contributed by atoms with Crippen LogP contribution in [0, 0.1) is 0 Å². The molecule has 0 aliphatic carbocycles. The lowest BCUT2D eigenvalue weighted by Gasteiger charge is -2.37. The molecule has 2 aromatic rings. The van der Waals surface area contributed by atoms with Gasteiger partial charge in [-0.2, -0.15) is 0 Å². The van der Waals surface area contributed by atoms with Crippen LogP contribution in [0.25, 0.3) is 0 Å². The Morgan fingerprint density at radius 3 is 2.38 bits per heavy atom. The van der Waals surface area contributed by atoms with Crippen molar-refractivity contribution < 1.29 is 0 Å². The predicted molar refractivity (Wildman–Crippen MR) is 117 cm³/mol. The van der Waals surface area contributed by atoms with E-state index in [4.69, 9.17) is 4.99 Å². The molecule has 1 saturated heterocycles. The Bertz CT molecular complexity index is 656. The van der Waals surface area contributed by atoms with E-state index in [-0.39, 0.29) is 24.0 Å². The molecular formula is C19H27IN6. The zero-order chi connectivity index (χ0) is 17.3. The average molecular weight is 466 g/mol. The summed E-state index contributed by atoms with van der Waals surface area (Å²) in [5.41, 5.74) is 1.09. The highest BCUT2D eigenvalue weighted by molar-refractivity contribution is 14.0. The molecule has 140 valence electrons. The van der Waals surface area contributed by atoms with Gasteiger partial charge in [0.15, 0.2) is 5.96 Å². The van der Waals surface area contributed by atoms with Crippen molar-refractivity contribution in [2.75, 3.05) is 44.2 Å². The predicted octanol–water partition coefficient (Wildman–Crippen LogP) is 2.42. The lowest BCUT2D eigenvalue weighted by atomic mass is 10.3. The van der Waals surface area contributed by atoms with Gasteiger partial charge in [-0.05, 0) is 31.2 Å². The number of nitrogens with one attached hydrogen (secondary N) is 1. The van der Waals surface area contributed by atoms with E-state index < -0.39 is 0 Å². The summed E-state index contributed by atoms with van der Waals surface area (Å²) >= 11 is 0. The molecule has 1 N–H and O–H groups in total. The van der Waals surface area contributed by atoms with Gasteiger partial charge >= 0.3 is 0 Å². The van der Waals surface area contributed by atoms with E-state index in [0.717, 1.165) is 63.2 Å². The number of aromatic nitrogens is 2. The Morgan fingerprint density at radius 2 is 1.77 bits per heavy atom. The van der Waals surface area contributed by atoms with Crippen LogP contribution in [0.4, 0.5) is 5.82 Å². The number of hydrogen-bond donors (Lipinski definition) is 1. The van der Waals surface area contributed by atoms with Gasteiger partial charge in [-0.25, -0.2) is 4.98 Å². The molecule has 0 aromatic carbocycles. The third-order valence-electron chi connectivity index (χ3n) is 4.24. The molecule has 0 unspecified atom stereocenters. The molecule has 0 saturated carbocycles. The Kier molecular flexibility index (Phi) is 8.60. The highest BCUT2D eigenvalue weighted by atomic mass is 127. The van der Waals surface area contributed by atoms with Crippen LogP contribution in [0.3, 0.4) is 0 Å². The summed E-state index contributed by atoms with van der Waals surface area (Å²) in [4.78, 5) is 18.3. The zero-order valence-corrected chi connectivity index (χ0v) is 17.5. The van der Waals surface area contributed by atoms with Gasteiger partial charge in [0, 0.05) is 63.8 Å². The lowest BCUT2D eigenvalue weighted by Crippen LogP contribution is -2.52. The van der Waals surface area contributed by atoms with Crippen molar-refractivity contribution in [3.05, 3.63) is 54.5 Å². The number of aliphatic imine (C=N–C) groups is 1. The van der Waals surface area contributed by atoms with Crippen LogP contribution in [-0.2, 0) is 6.42 Å². The molecule has 6 nitrogen and oxygen atoms in total. The van der Waals surface area contributed by atoms with Gasteiger partial charge < -0.3 is 15.1 Å². The first-order valence-corrected chi connectivity index (χ1v) is 8.96. The summed E-state index contributed by atoms with van der Waals surface area (Å²) in [5, 5.41) is 3.41. The minimum absolute atomic E-state index is 0. The van der Waals surface area contributed by atoms with Gasteiger partial charge in [0.1, 0.15) is 5.82 Å². The van der Waals surface area contributed by atoms with Crippen molar-refractivity contribution in [1.29, 1.82) is 0 Å². The molecule has 1 aliphatic rings. The third-order valence-corrected chi connectivity index (χ3v) is 4.24. The van der Waals surface area contributed by atoms with Crippen molar-refractivity contribution in [1.82, 2.24) is 20.2 Å². The van der Waals surface area contributed by atoms with Crippen LogP contribution in [0.1, 0.15) is 12.6 Å². The maximum absolute atomic E-state index is 4.79. The van der Waals surface area contributed by atoms with E-state index in [1.54, 1.807) is 0 Å². The van der Waals surface area contributed by atoms with Gasteiger partial charge in [-0.15, -0.1) is 24.0 Å². The molecule has 7 heteroatoms. The second-order valence-corrected chi connectivity index (χ2v) is 5.97. The molecule has 0 amide bonds. The highest BCUT2D eigenvalue weighted by Crippen LogP contribution is 2.12. The number of piperazine rings is 1. The van der Waals surface area contributed by atoms with Crippen LogP contribution in [0.15, 0.2) is 53.8 Å². The van der Waals surface area contributed by atoms with Crippen molar-refractivity contribution >= 4 is 35.8 Å². The second-order valence-electron chi connectivity index (χ2n) is 5.97. The quantitative estimate of drug-likeness (QED) is 0.417. The Labute approximate surface area is 172 Å². The summed E-state index contributed by atoms with van der Waals surface area (Å²) in [7, 11) is 0. The second kappa shape index (κ2) is 10.9. The molecule has 26 heavy (non-hydrogen) atoms. The first-order chi connectivity index (χ1) is 12.4. The zero-order valence-electron chi connectivity index (χ0n) is 15.2. The fraction of sp³-hybridized carbons (Fsp3) is 0.421. The highest BCUT2D eigenvalue weighted by Gasteiger charge is 2.20. The molecular weight excluding hydrogens is 439 g/mol. The third kappa shape index (κ3) is 5.82. The van der Waals surface area contributed by atoms with Crippen LogP contribution >= 0.6 is 24.0 Å². The van der Waals surface area contributed by atoms with Crippen LogP contribution in [0.5, 0.6) is 0 Å². The number of nitrogens with zero attached hydrogens (tertiary/aromatic N) is 5. The van der Waals surface area contributed by atoms with E-state index in [9.17, 15) is 0 Å². The Morgan fingerprint density at radius 1 is 1.04 bits per heavy atom. The molecule has 0 radical (unpaired) electrons. The first kappa shape index (κ1) is 20.4. The number of guanidine groups is 1. The summed E-state index contributed by atoms with van der Waals surface area (Å²) < 4.78 is 0. The van der Waals surface area contributed by atoms with Crippen molar-refractivity contribution in [3.63, 3.8) is 0 Å². The van der Waals surface area contributed by atoms with Crippen LogP contribution in [-0.4, -0.2) is 60.1 Å². The minimum Gasteiger partial charge on any atom is -0.357 e. The fourth-order valence-electron chi connectivity index (χ4n) is 2.94. The molecule has 3 rings (SSSR count). The van der Waals surface area contributed by atoms with E-state index >= 15 is 0 Å². The van der Waals surface area contributed by atoms with Crippen molar-refractivity contribution in [3.8, 4) is 0 Å². The van der Waals surface area contributed by atoms with Gasteiger partial charge in [-0.1, -0.05) is 12.1 Å². The number of rotatable bonds is 5. The van der Waals surface area contributed by atoms with Gasteiger partial charge in [0.25, 0.3) is 0 Å². The monoisotopic (exact) mass is 466 g/mol. The molecule has 3 heterocycles. The van der Waals surface area contributed by atoms with Gasteiger partial charge in [0.2, 0.25) is 0 Å². The standard InChI is InChI=1S/C19H26N6.HI/c1-2-20-19(23-12-9-17-7-3-5-10-21-17)25-15-13-24(14-16-25)18-8-4-6-11-22-18;/h3-8,10-11H,2,9,12-16H2,1H3,(H,20,23);1H. The molecule has 1 fully saturated rings. The normalized spacial score (nSPS) is 14.7. The van der Waals surface area contributed by atoms with Gasteiger partial charge in [0.05, 0.1) is 0 Å². The summed E-state index contributed by atoms with van der Waals surface area (Å²) in [5.74, 6) is 2.05. The van der Waals surface area contributed by atoms with E-state index in [1.807, 2.05) is 42.7 Å². The number of pyridine rings is 2. The summed E-state index contributed by atoms with van der Waals surface area (Å²) in [6, 6.07) is 12.1. The van der Waals surface area contributed by atoms with Gasteiger partial charge in [-0.3, -0.25) is 9.98 Å². The summed E-state index contributed by atoms with van der Waals surface area (Å²) in [6.07, 6.45) is 4.55. The van der Waals surface area contributed by atoms with E-state index in [1.165, 1.54) is 0 Å².